The second-order valence-electron chi connectivity index (χ2n) is 6.62. The van der Waals surface area contributed by atoms with Crippen LogP contribution in [0.1, 0.15) is 25.7 Å². The molecule has 2 aliphatic heterocycles. The van der Waals surface area contributed by atoms with Crippen molar-refractivity contribution in [3.63, 3.8) is 0 Å². The predicted octanol–water partition coefficient (Wildman–Crippen LogP) is 1.03. The van der Waals surface area contributed by atoms with Crippen LogP contribution in [0.3, 0.4) is 0 Å². The highest BCUT2D eigenvalue weighted by Crippen LogP contribution is 2.31. The van der Waals surface area contributed by atoms with Crippen LogP contribution in [-0.2, 0) is 4.74 Å². The van der Waals surface area contributed by atoms with E-state index in [0.717, 1.165) is 25.8 Å². The third kappa shape index (κ3) is 4.15. The lowest BCUT2D eigenvalue weighted by Gasteiger charge is -2.44. The van der Waals surface area contributed by atoms with Gasteiger partial charge in [0.2, 0.25) is 0 Å². The summed E-state index contributed by atoms with van der Waals surface area (Å²) >= 11 is 0. The van der Waals surface area contributed by atoms with Gasteiger partial charge in [0, 0.05) is 38.9 Å². The SMILES string of the molecule is CNCC1(CN(C)C2CCCN(C)C2)CCOCC1. The molecule has 1 N–H and O–H groups in total. The van der Waals surface area contributed by atoms with Crippen LogP contribution >= 0.6 is 0 Å². The highest BCUT2D eigenvalue weighted by atomic mass is 16.5. The van der Waals surface area contributed by atoms with Crippen molar-refractivity contribution in [2.75, 3.05) is 60.5 Å². The van der Waals surface area contributed by atoms with Crippen molar-refractivity contribution in [2.45, 2.75) is 31.7 Å². The van der Waals surface area contributed by atoms with Crippen LogP contribution in [0.2, 0.25) is 0 Å². The average molecular weight is 269 g/mol. The lowest BCUT2D eigenvalue weighted by atomic mass is 9.79. The molecule has 0 saturated carbocycles. The monoisotopic (exact) mass is 269 g/mol. The van der Waals surface area contributed by atoms with Crippen LogP contribution < -0.4 is 5.32 Å². The number of piperidine rings is 1. The van der Waals surface area contributed by atoms with Gasteiger partial charge in [-0.25, -0.2) is 0 Å². The molecule has 0 radical (unpaired) electrons. The minimum absolute atomic E-state index is 0.414. The molecule has 112 valence electrons. The number of nitrogens with one attached hydrogen (secondary N) is 1. The van der Waals surface area contributed by atoms with Crippen molar-refractivity contribution < 1.29 is 4.74 Å². The summed E-state index contributed by atoms with van der Waals surface area (Å²) in [5.74, 6) is 0. The first-order valence-corrected chi connectivity index (χ1v) is 7.76. The summed E-state index contributed by atoms with van der Waals surface area (Å²) in [5.41, 5.74) is 0.414. The van der Waals surface area contributed by atoms with Crippen LogP contribution in [0, 0.1) is 5.41 Å². The summed E-state index contributed by atoms with van der Waals surface area (Å²) < 4.78 is 5.56. The van der Waals surface area contributed by atoms with Gasteiger partial charge in [0.25, 0.3) is 0 Å². The van der Waals surface area contributed by atoms with E-state index in [0.29, 0.717) is 5.41 Å². The summed E-state index contributed by atoms with van der Waals surface area (Å²) in [7, 11) is 6.64. The molecule has 2 aliphatic rings. The third-order valence-electron chi connectivity index (χ3n) is 4.91. The quantitative estimate of drug-likeness (QED) is 0.807. The molecule has 0 aromatic carbocycles. The molecule has 4 nitrogen and oxygen atoms in total. The molecule has 4 heteroatoms. The fraction of sp³-hybridized carbons (Fsp3) is 1.00. The molecule has 0 aromatic rings. The van der Waals surface area contributed by atoms with E-state index in [-0.39, 0.29) is 0 Å². The maximum atomic E-state index is 5.56. The molecule has 1 atom stereocenters. The smallest absolute Gasteiger partial charge is 0.0472 e. The fourth-order valence-corrected chi connectivity index (χ4v) is 3.73. The van der Waals surface area contributed by atoms with Crippen molar-refractivity contribution in [2.24, 2.45) is 5.41 Å². The summed E-state index contributed by atoms with van der Waals surface area (Å²) in [6, 6.07) is 0.732. The molecule has 0 aromatic heterocycles. The minimum Gasteiger partial charge on any atom is -0.381 e. The molecule has 0 spiro atoms. The average Bonchev–Trinajstić information content (AvgIpc) is 2.40. The van der Waals surface area contributed by atoms with Gasteiger partial charge >= 0.3 is 0 Å². The van der Waals surface area contributed by atoms with E-state index in [9.17, 15) is 0 Å². The first-order chi connectivity index (χ1) is 9.15. The normalized spacial score (nSPS) is 28.7. The Hall–Kier alpha value is -0.160. The molecule has 0 amide bonds. The van der Waals surface area contributed by atoms with Crippen molar-refractivity contribution in [3.05, 3.63) is 0 Å². The lowest BCUT2D eigenvalue weighted by Crippen LogP contribution is -2.52. The van der Waals surface area contributed by atoms with Gasteiger partial charge in [-0.2, -0.15) is 0 Å². The van der Waals surface area contributed by atoms with E-state index < -0.39 is 0 Å². The molecule has 1 unspecified atom stereocenters. The lowest BCUT2D eigenvalue weighted by molar-refractivity contribution is -0.0111. The van der Waals surface area contributed by atoms with E-state index >= 15 is 0 Å². The Bertz CT molecular complexity index is 261. The van der Waals surface area contributed by atoms with Gasteiger partial charge in [-0.1, -0.05) is 0 Å². The molecular weight excluding hydrogens is 238 g/mol. The first kappa shape index (κ1) is 15.2. The Kier molecular flexibility index (Phi) is 5.63. The predicted molar refractivity (Wildman–Crippen MR) is 79.6 cm³/mol. The molecule has 2 rings (SSSR count). The summed E-state index contributed by atoms with van der Waals surface area (Å²) in [5, 5.41) is 3.40. The number of hydrogen-bond acceptors (Lipinski definition) is 4. The zero-order valence-corrected chi connectivity index (χ0v) is 13.0. The van der Waals surface area contributed by atoms with Crippen LogP contribution in [-0.4, -0.2) is 76.4 Å². The Labute approximate surface area is 118 Å². The standard InChI is InChI=1S/C15H31N3O/c1-16-12-15(6-9-19-10-7-15)13-18(3)14-5-4-8-17(2)11-14/h14,16H,4-13H2,1-3H3. The topological polar surface area (TPSA) is 27.7 Å². The van der Waals surface area contributed by atoms with Gasteiger partial charge in [0.1, 0.15) is 0 Å². The van der Waals surface area contributed by atoms with E-state index in [1.807, 2.05) is 0 Å². The van der Waals surface area contributed by atoms with Crippen molar-refractivity contribution in [3.8, 4) is 0 Å². The van der Waals surface area contributed by atoms with Crippen molar-refractivity contribution in [1.82, 2.24) is 15.1 Å². The minimum atomic E-state index is 0.414. The summed E-state index contributed by atoms with van der Waals surface area (Å²) in [6.07, 6.45) is 5.09. The largest absolute Gasteiger partial charge is 0.381 e. The molecule has 19 heavy (non-hydrogen) atoms. The van der Waals surface area contributed by atoms with Crippen LogP contribution in [0.15, 0.2) is 0 Å². The number of likely N-dealkylation sites (N-methyl/N-ethyl adjacent to an activating group) is 2. The number of likely N-dealkylation sites (tertiary alicyclic amines) is 1. The zero-order valence-electron chi connectivity index (χ0n) is 13.0. The summed E-state index contributed by atoms with van der Waals surface area (Å²) in [4.78, 5) is 5.08. The van der Waals surface area contributed by atoms with Crippen molar-refractivity contribution in [1.29, 1.82) is 0 Å². The van der Waals surface area contributed by atoms with E-state index in [4.69, 9.17) is 4.74 Å². The third-order valence-corrected chi connectivity index (χ3v) is 4.91. The molecule has 2 saturated heterocycles. The summed E-state index contributed by atoms with van der Waals surface area (Å²) in [6.45, 7) is 6.67. The fourth-order valence-electron chi connectivity index (χ4n) is 3.73. The van der Waals surface area contributed by atoms with Crippen molar-refractivity contribution >= 4 is 0 Å². The molecule has 0 bridgehead atoms. The van der Waals surface area contributed by atoms with Gasteiger partial charge in [-0.3, -0.25) is 0 Å². The second kappa shape index (κ2) is 7.02. The first-order valence-electron chi connectivity index (χ1n) is 7.76. The molecule has 2 heterocycles. The Morgan fingerprint density at radius 1 is 1.37 bits per heavy atom. The van der Waals surface area contributed by atoms with Gasteiger partial charge in [0.05, 0.1) is 0 Å². The number of nitrogens with zero attached hydrogens (tertiary/aromatic N) is 2. The zero-order chi connectivity index (χ0) is 13.7. The van der Waals surface area contributed by atoms with Crippen LogP contribution in [0.4, 0.5) is 0 Å². The molecular formula is C15H31N3O. The number of hydrogen-bond donors (Lipinski definition) is 1. The number of ether oxygens (including phenoxy) is 1. The van der Waals surface area contributed by atoms with Crippen LogP contribution in [0.25, 0.3) is 0 Å². The molecule has 0 aliphatic carbocycles. The van der Waals surface area contributed by atoms with Gasteiger partial charge in [-0.05, 0) is 58.8 Å². The highest BCUT2D eigenvalue weighted by Gasteiger charge is 2.35. The van der Waals surface area contributed by atoms with Gasteiger partial charge < -0.3 is 19.9 Å². The second-order valence-corrected chi connectivity index (χ2v) is 6.62. The Morgan fingerprint density at radius 3 is 2.74 bits per heavy atom. The van der Waals surface area contributed by atoms with E-state index in [1.54, 1.807) is 0 Å². The maximum absolute atomic E-state index is 5.56. The number of rotatable bonds is 5. The van der Waals surface area contributed by atoms with Gasteiger partial charge in [-0.15, -0.1) is 0 Å². The van der Waals surface area contributed by atoms with E-state index in [1.165, 1.54) is 45.3 Å². The van der Waals surface area contributed by atoms with Gasteiger partial charge in [0.15, 0.2) is 0 Å². The highest BCUT2D eigenvalue weighted by molar-refractivity contribution is 4.89. The Balaban J connectivity index is 1.92. The maximum Gasteiger partial charge on any atom is 0.0472 e. The Morgan fingerprint density at radius 2 is 2.11 bits per heavy atom. The van der Waals surface area contributed by atoms with Crippen LogP contribution in [0.5, 0.6) is 0 Å². The van der Waals surface area contributed by atoms with E-state index in [2.05, 4.69) is 36.3 Å². The molecule has 2 fully saturated rings.